The highest BCUT2D eigenvalue weighted by Crippen LogP contribution is 2.13. The van der Waals surface area contributed by atoms with Crippen LogP contribution in [0, 0.1) is 0 Å². The summed E-state index contributed by atoms with van der Waals surface area (Å²) in [5, 5.41) is 13.0. The van der Waals surface area contributed by atoms with Gasteiger partial charge in [0.25, 0.3) is 5.91 Å². The molecule has 7 heteroatoms. The van der Waals surface area contributed by atoms with Gasteiger partial charge in [-0.05, 0) is 13.8 Å². The van der Waals surface area contributed by atoms with Crippen molar-refractivity contribution in [3.8, 4) is 0 Å². The quantitative estimate of drug-likeness (QED) is 0.737. The summed E-state index contributed by atoms with van der Waals surface area (Å²) < 4.78 is 1.76. The summed E-state index contributed by atoms with van der Waals surface area (Å²) in [7, 11) is 0. The van der Waals surface area contributed by atoms with Crippen molar-refractivity contribution >= 4 is 17.3 Å². The lowest BCUT2D eigenvalue weighted by atomic mass is 10.3. The van der Waals surface area contributed by atoms with Gasteiger partial charge in [0.05, 0.1) is 23.8 Å². The third kappa shape index (κ3) is 2.27. The highest BCUT2D eigenvalue weighted by molar-refractivity contribution is 6.05. The Kier molecular flexibility index (Phi) is 2.82. The molecule has 17 heavy (non-hydrogen) atoms. The molecular weight excluding hydrogens is 220 g/mol. The standard InChI is InChI=1S/C10H14N6O/c1-6(2)16-5-7(3-13-16)14-10(17)9-8(11)4-12-15-9/h3-6H,11H2,1-2H3,(H,12,15)(H,14,17). The topological polar surface area (TPSA) is 102 Å². The van der Waals surface area contributed by atoms with E-state index in [-0.39, 0.29) is 17.6 Å². The summed E-state index contributed by atoms with van der Waals surface area (Å²) in [6.45, 7) is 4.01. The summed E-state index contributed by atoms with van der Waals surface area (Å²) in [6, 6.07) is 0.248. The van der Waals surface area contributed by atoms with Crippen LogP contribution in [0.25, 0.3) is 0 Å². The molecule has 0 saturated heterocycles. The van der Waals surface area contributed by atoms with Crippen molar-refractivity contribution in [3.63, 3.8) is 0 Å². The number of amides is 1. The normalized spacial score (nSPS) is 10.8. The van der Waals surface area contributed by atoms with Crippen molar-refractivity contribution in [1.29, 1.82) is 0 Å². The van der Waals surface area contributed by atoms with Gasteiger partial charge in [-0.1, -0.05) is 0 Å². The van der Waals surface area contributed by atoms with E-state index in [1.807, 2.05) is 13.8 Å². The average Bonchev–Trinajstić information content (AvgIpc) is 2.86. The van der Waals surface area contributed by atoms with E-state index in [9.17, 15) is 4.79 Å². The number of nitrogens with one attached hydrogen (secondary N) is 2. The Labute approximate surface area is 98.0 Å². The minimum atomic E-state index is -0.330. The van der Waals surface area contributed by atoms with E-state index in [4.69, 9.17) is 5.73 Å². The zero-order chi connectivity index (χ0) is 12.4. The van der Waals surface area contributed by atoms with Gasteiger partial charge in [0.2, 0.25) is 0 Å². The number of nitrogens with two attached hydrogens (primary N) is 1. The van der Waals surface area contributed by atoms with Gasteiger partial charge in [-0.15, -0.1) is 0 Å². The fraction of sp³-hybridized carbons (Fsp3) is 0.300. The molecule has 0 aliphatic rings. The van der Waals surface area contributed by atoms with E-state index in [2.05, 4.69) is 20.6 Å². The maximum atomic E-state index is 11.8. The van der Waals surface area contributed by atoms with Crippen LogP contribution in [0.3, 0.4) is 0 Å². The molecule has 0 radical (unpaired) electrons. The Balaban J connectivity index is 2.11. The van der Waals surface area contributed by atoms with Crippen molar-refractivity contribution in [3.05, 3.63) is 24.3 Å². The summed E-state index contributed by atoms with van der Waals surface area (Å²) in [6.07, 6.45) is 4.74. The first-order valence-electron chi connectivity index (χ1n) is 5.22. The third-order valence-corrected chi connectivity index (χ3v) is 2.28. The highest BCUT2D eigenvalue weighted by Gasteiger charge is 2.12. The van der Waals surface area contributed by atoms with Gasteiger partial charge >= 0.3 is 0 Å². The van der Waals surface area contributed by atoms with Crippen LogP contribution >= 0.6 is 0 Å². The lowest BCUT2D eigenvalue weighted by Crippen LogP contribution is -2.13. The zero-order valence-corrected chi connectivity index (χ0v) is 9.64. The first-order valence-corrected chi connectivity index (χ1v) is 5.22. The van der Waals surface area contributed by atoms with Crippen LogP contribution in [0.4, 0.5) is 11.4 Å². The number of nitrogen functional groups attached to an aromatic ring is 1. The number of aromatic amines is 1. The monoisotopic (exact) mass is 234 g/mol. The fourth-order valence-corrected chi connectivity index (χ4v) is 1.36. The van der Waals surface area contributed by atoms with Crippen molar-refractivity contribution in [2.24, 2.45) is 0 Å². The molecule has 0 saturated carbocycles. The molecule has 0 spiro atoms. The van der Waals surface area contributed by atoms with Crippen LogP contribution in [0.1, 0.15) is 30.4 Å². The zero-order valence-electron chi connectivity index (χ0n) is 9.64. The second kappa shape index (κ2) is 4.28. The lowest BCUT2D eigenvalue weighted by Gasteiger charge is -2.03. The van der Waals surface area contributed by atoms with Crippen molar-refractivity contribution in [1.82, 2.24) is 20.0 Å². The molecule has 1 amide bonds. The molecule has 2 aromatic heterocycles. The Bertz CT molecular complexity index is 526. The fourth-order valence-electron chi connectivity index (χ4n) is 1.36. The molecule has 2 aromatic rings. The van der Waals surface area contributed by atoms with E-state index in [1.165, 1.54) is 6.20 Å². The molecule has 0 unspecified atom stereocenters. The summed E-state index contributed by atoms with van der Waals surface area (Å²) >= 11 is 0. The SMILES string of the molecule is CC(C)n1cc(NC(=O)c2[nH]ncc2N)cn1. The number of rotatable bonds is 3. The smallest absolute Gasteiger partial charge is 0.275 e. The van der Waals surface area contributed by atoms with Gasteiger partial charge in [-0.3, -0.25) is 14.6 Å². The average molecular weight is 234 g/mol. The Morgan fingerprint density at radius 1 is 1.53 bits per heavy atom. The van der Waals surface area contributed by atoms with Crippen LogP contribution in [0.15, 0.2) is 18.6 Å². The van der Waals surface area contributed by atoms with Crippen LogP contribution in [0.5, 0.6) is 0 Å². The number of anilines is 2. The van der Waals surface area contributed by atoms with E-state index in [1.54, 1.807) is 17.1 Å². The molecule has 0 aliphatic heterocycles. The van der Waals surface area contributed by atoms with E-state index in [0.29, 0.717) is 11.4 Å². The molecular formula is C10H14N6O. The van der Waals surface area contributed by atoms with Gasteiger partial charge in [0.15, 0.2) is 0 Å². The van der Waals surface area contributed by atoms with Crippen LogP contribution in [-0.2, 0) is 0 Å². The predicted octanol–water partition coefficient (Wildman–Crippen LogP) is 1.02. The van der Waals surface area contributed by atoms with Crippen LogP contribution in [0.2, 0.25) is 0 Å². The van der Waals surface area contributed by atoms with Gasteiger partial charge in [-0.2, -0.15) is 10.2 Å². The third-order valence-electron chi connectivity index (χ3n) is 2.28. The number of carbonyl (C=O) groups is 1. The van der Waals surface area contributed by atoms with E-state index in [0.717, 1.165) is 0 Å². The van der Waals surface area contributed by atoms with Gasteiger partial charge in [-0.25, -0.2) is 0 Å². The van der Waals surface area contributed by atoms with E-state index >= 15 is 0 Å². The second-order valence-electron chi connectivity index (χ2n) is 3.96. The second-order valence-corrected chi connectivity index (χ2v) is 3.96. The molecule has 7 nitrogen and oxygen atoms in total. The summed E-state index contributed by atoms with van der Waals surface area (Å²) in [4.78, 5) is 11.8. The molecule has 2 heterocycles. The number of nitrogens with zero attached hydrogens (tertiary/aromatic N) is 3. The Morgan fingerprint density at radius 2 is 2.29 bits per heavy atom. The van der Waals surface area contributed by atoms with Crippen molar-refractivity contribution in [2.75, 3.05) is 11.1 Å². The first kappa shape index (κ1) is 11.2. The molecule has 4 N–H and O–H groups in total. The van der Waals surface area contributed by atoms with E-state index < -0.39 is 0 Å². The molecule has 0 bridgehead atoms. The molecule has 0 aliphatic carbocycles. The summed E-state index contributed by atoms with van der Waals surface area (Å²) in [5.74, 6) is -0.330. The van der Waals surface area contributed by atoms with Crippen molar-refractivity contribution in [2.45, 2.75) is 19.9 Å². The summed E-state index contributed by atoms with van der Waals surface area (Å²) in [5.41, 5.74) is 6.77. The molecule has 0 atom stereocenters. The number of hydrogen-bond donors (Lipinski definition) is 3. The van der Waals surface area contributed by atoms with Gasteiger partial charge in [0.1, 0.15) is 5.69 Å². The maximum absolute atomic E-state index is 11.8. The molecule has 0 aromatic carbocycles. The molecule has 0 fully saturated rings. The Morgan fingerprint density at radius 3 is 2.82 bits per heavy atom. The molecule has 90 valence electrons. The number of hydrogen-bond acceptors (Lipinski definition) is 4. The van der Waals surface area contributed by atoms with Crippen LogP contribution < -0.4 is 11.1 Å². The minimum absolute atomic E-state index is 0.248. The largest absolute Gasteiger partial charge is 0.396 e. The number of carbonyl (C=O) groups excluding carboxylic acids is 1. The minimum Gasteiger partial charge on any atom is -0.396 e. The van der Waals surface area contributed by atoms with Crippen LogP contribution in [-0.4, -0.2) is 25.9 Å². The van der Waals surface area contributed by atoms with Crippen molar-refractivity contribution < 1.29 is 4.79 Å². The Hall–Kier alpha value is -2.31. The number of aromatic nitrogens is 4. The van der Waals surface area contributed by atoms with Gasteiger partial charge in [0, 0.05) is 12.2 Å². The molecule has 2 rings (SSSR count). The maximum Gasteiger partial charge on any atom is 0.275 e. The highest BCUT2D eigenvalue weighted by atomic mass is 16.2. The first-order chi connectivity index (χ1) is 8.08. The number of H-pyrrole nitrogens is 1. The predicted molar refractivity (Wildman–Crippen MR) is 63.6 cm³/mol. The van der Waals surface area contributed by atoms with Gasteiger partial charge < -0.3 is 11.1 Å². The lowest BCUT2D eigenvalue weighted by molar-refractivity contribution is 0.102.